The van der Waals surface area contributed by atoms with Crippen LogP contribution < -0.4 is 10.6 Å². The van der Waals surface area contributed by atoms with E-state index in [0.29, 0.717) is 6.04 Å². The summed E-state index contributed by atoms with van der Waals surface area (Å²) in [4.78, 5) is 11.7. The minimum absolute atomic E-state index is 0.0443. The summed E-state index contributed by atoms with van der Waals surface area (Å²) in [6.45, 7) is 5.04. The summed E-state index contributed by atoms with van der Waals surface area (Å²) in [5, 5.41) is 6.35. The van der Waals surface area contributed by atoms with Crippen LogP contribution in [0.25, 0.3) is 0 Å². The molecule has 1 rings (SSSR count). The second-order valence-electron chi connectivity index (χ2n) is 4.52. The fourth-order valence-electron chi connectivity index (χ4n) is 1.98. The van der Waals surface area contributed by atoms with Gasteiger partial charge in [0.05, 0.1) is 6.04 Å². The first-order valence-corrected chi connectivity index (χ1v) is 6.27. The van der Waals surface area contributed by atoms with Crippen molar-refractivity contribution in [1.29, 1.82) is 0 Å². The largest absolute Gasteiger partial charge is 0.352 e. The van der Waals surface area contributed by atoms with Gasteiger partial charge in [0.15, 0.2) is 0 Å². The Morgan fingerprint density at radius 2 is 2.07 bits per heavy atom. The third-order valence-electron chi connectivity index (χ3n) is 3.08. The second kappa shape index (κ2) is 6.83. The molecule has 3 nitrogen and oxygen atoms in total. The molecule has 15 heavy (non-hydrogen) atoms. The maximum absolute atomic E-state index is 11.7. The van der Waals surface area contributed by atoms with Gasteiger partial charge in [0.1, 0.15) is 0 Å². The van der Waals surface area contributed by atoms with Gasteiger partial charge in [0.25, 0.3) is 0 Å². The molecule has 0 saturated heterocycles. The van der Waals surface area contributed by atoms with Crippen LogP contribution >= 0.6 is 0 Å². The van der Waals surface area contributed by atoms with Gasteiger partial charge in [0, 0.05) is 6.04 Å². The van der Waals surface area contributed by atoms with Gasteiger partial charge < -0.3 is 10.6 Å². The smallest absolute Gasteiger partial charge is 0.237 e. The molecular formula is C12H24N2O. The van der Waals surface area contributed by atoms with Crippen molar-refractivity contribution in [3.05, 3.63) is 0 Å². The van der Waals surface area contributed by atoms with Crippen LogP contribution in [-0.4, -0.2) is 24.5 Å². The molecule has 3 heteroatoms. The van der Waals surface area contributed by atoms with Crippen molar-refractivity contribution in [2.75, 3.05) is 6.54 Å². The zero-order chi connectivity index (χ0) is 11.1. The van der Waals surface area contributed by atoms with Crippen LogP contribution in [0.3, 0.4) is 0 Å². The van der Waals surface area contributed by atoms with E-state index in [4.69, 9.17) is 0 Å². The second-order valence-corrected chi connectivity index (χ2v) is 4.52. The molecule has 0 aromatic carbocycles. The van der Waals surface area contributed by atoms with E-state index in [1.807, 2.05) is 6.92 Å². The molecule has 88 valence electrons. The topological polar surface area (TPSA) is 41.1 Å². The highest BCUT2D eigenvalue weighted by atomic mass is 16.2. The molecule has 1 amide bonds. The molecule has 0 aliphatic heterocycles. The summed E-state index contributed by atoms with van der Waals surface area (Å²) in [5.74, 6) is 0.165. The summed E-state index contributed by atoms with van der Waals surface area (Å²) >= 11 is 0. The number of unbranched alkanes of at least 4 members (excludes halogenated alkanes) is 1. The Labute approximate surface area is 93.0 Å². The fourth-order valence-corrected chi connectivity index (χ4v) is 1.98. The van der Waals surface area contributed by atoms with Gasteiger partial charge in [-0.2, -0.15) is 0 Å². The molecule has 1 atom stereocenters. The molecule has 1 unspecified atom stereocenters. The van der Waals surface area contributed by atoms with Crippen LogP contribution in [0.2, 0.25) is 0 Å². The number of carbonyl (C=O) groups is 1. The predicted molar refractivity (Wildman–Crippen MR) is 62.8 cm³/mol. The Morgan fingerprint density at radius 1 is 1.40 bits per heavy atom. The molecule has 2 N–H and O–H groups in total. The minimum atomic E-state index is -0.0443. The molecular weight excluding hydrogens is 188 g/mol. The fraction of sp³-hybridized carbons (Fsp3) is 0.917. The Bertz CT molecular complexity index is 188. The lowest BCUT2D eigenvalue weighted by atomic mass is 10.2. The Kier molecular flexibility index (Phi) is 5.69. The lowest BCUT2D eigenvalue weighted by molar-refractivity contribution is -0.123. The molecule has 1 aliphatic carbocycles. The Balaban J connectivity index is 2.14. The number of nitrogens with one attached hydrogen (secondary N) is 2. The van der Waals surface area contributed by atoms with Crippen molar-refractivity contribution >= 4 is 5.91 Å². The van der Waals surface area contributed by atoms with Crippen molar-refractivity contribution in [2.24, 2.45) is 0 Å². The van der Waals surface area contributed by atoms with Gasteiger partial charge in [-0.1, -0.05) is 26.2 Å². The molecule has 1 saturated carbocycles. The molecule has 0 aromatic rings. The zero-order valence-electron chi connectivity index (χ0n) is 10.0. The number of hydrogen-bond acceptors (Lipinski definition) is 2. The van der Waals surface area contributed by atoms with E-state index in [-0.39, 0.29) is 11.9 Å². The molecule has 1 aliphatic rings. The van der Waals surface area contributed by atoms with Crippen LogP contribution in [0.1, 0.15) is 52.4 Å². The van der Waals surface area contributed by atoms with E-state index in [9.17, 15) is 4.79 Å². The van der Waals surface area contributed by atoms with Crippen LogP contribution in [-0.2, 0) is 4.79 Å². The number of amides is 1. The minimum Gasteiger partial charge on any atom is -0.352 e. The van der Waals surface area contributed by atoms with Crippen molar-refractivity contribution in [2.45, 2.75) is 64.5 Å². The number of rotatable bonds is 6. The highest BCUT2D eigenvalue weighted by Crippen LogP contribution is 2.17. The first kappa shape index (κ1) is 12.5. The Morgan fingerprint density at radius 3 is 2.67 bits per heavy atom. The van der Waals surface area contributed by atoms with E-state index in [2.05, 4.69) is 17.6 Å². The molecule has 0 radical (unpaired) electrons. The van der Waals surface area contributed by atoms with E-state index in [1.54, 1.807) is 0 Å². The van der Waals surface area contributed by atoms with Crippen LogP contribution in [0, 0.1) is 0 Å². The average molecular weight is 212 g/mol. The maximum atomic E-state index is 11.7. The lowest BCUT2D eigenvalue weighted by Crippen LogP contribution is -2.45. The highest BCUT2D eigenvalue weighted by molar-refractivity contribution is 5.81. The normalized spacial score (nSPS) is 19.1. The van der Waals surface area contributed by atoms with Gasteiger partial charge in [0.2, 0.25) is 5.91 Å². The summed E-state index contributed by atoms with van der Waals surface area (Å²) < 4.78 is 0. The van der Waals surface area contributed by atoms with Crippen molar-refractivity contribution < 1.29 is 4.79 Å². The molecule has 1 fully saturated rings. The van der Waals surface area contributed by atoms with E-state index >= 15 is 0 Å². The van der Waals surface area contributed by atoms with Crippen LogP contribution in [0.4, 0.5) is 0 Å². The van der Waals surface area contributed by atoms with Crippen LogP contribution in [0.15, 0.2) is 0 Å². The quantitative estimate of drug-likeness (QED) is 0.659. The van der Waals surface area contributed by atoms with Gasteiger partial charge in [-0.15, -0.1) is 0 Å². The molecule has 0 heterocycles. The van der Waals surface area contributed by atoms with Gasteiger partial charge in [-0.05, 0) is 32.7 Å². The van der Waals surface area contributed by atoms with Crippen LogP contribution in [0.5, 0.6) is 0 Å². The maximum Gasteiger partial charge on any atom is 0.237 e. The molecule has 0 bridgehead atoms. The molecule has 0 aromatic heterocycles. The van der Waals surface area contributed by atoms with Crippen molar-refractivity contribution in [1.82, 2.24) is 10.6 Å². The van der Waals surface area contributed by atoms with E-state index in [0.717, 1.165) is 25.8 Å². The third kappa shape index (κ3) is 4.65. The van der Waals surface area contributed by atoms with E-state index in [1.165, 1.54) is 19.3 Å². The Hall–Kier alpha value is -0.570. The number of hydrogen-bond donors (Lipinski definition) is 2. The predicted octanol–water partition coefficient (Wildman–Crippen LogP) is 1.82. The standard InChI is InChI=1S/C12H24N2O/c1-3-4-9-13-10(2)12(15)14-11-7-5-6-8-11/h10-11,13H,3-9H2,1-2H3,(H,14,15). The van der Waals surface area contributed by atoms with Crippen molar-refractivity contribution in [3.63, 3.8) is 0 Å². The molecule has 0 spiro atoms. The van der Waals surface area contributed by atoms with Crippen molar-refractivity contribution in [3.8, 4) is 0 Å². The summed E-state index contributed by atoms with van der Waals surface area (Å²) in [7, 11) is 0. The third-order valence-corrected chi connectivity index (χ3v) is 3.08. The first-order chi connectivity index (χ1) is 7.24. The summed E-state index contributed by atoms with van der Waals surface area (Å²) in [5.41, 5.74) is 0. The summed E-state index contributed by atoms with van der Waals surface area (Å²) in [6, 6.07) is 0.394. The highest BCUT2D eigenvalue weighted by Gasteiger charge is 2.19. The number of carbonyl (C=O) groups excluding carboxylic acids is 1. The zero-order valence-corrected chi connectivity index (χ0v) is 10.0. The lowest BCUT2D eigenvalue weighted by Gasteiger charge is -2.17. The monoisotopic (exact) mass is 212 g/mol. The van der Waals surface area contributed by atoms with Gasteiger partial charge in [-0.25, -0.2) is 0 Å². The van der Waals surface area contributed by atoms with Gasteiger partial charge in [-0.3, -0.25) is 4.79 Å². The van der Waals surface area contributed by atoms with Gasteiger partial charge >= 0.3 is 0 Å². The SMILES string of the molecule is CCCCNC(C)C(=O)NC1CCCC1. The average Bonchev–Trinajstić information content (AvgIpc) is 2.70. The van der Waals surface area contributed by atoms with E-state index < -0.39 is 0 Å². The summed E-state index contributed by atoms with van der Waals surface area (Å²) in [6.07, 6.45) is 7.16. The first-order valence-electron chi connectivity index (χ1n) is 6.27.